The molecule has 0 bridgehead atoms. The van der Waals surface area contributed by atoms with Gasteiger partial charge in [0.2, 0.25) is 0 Å². The average Bonchev–Trinajstić information content (AvgIpc) is 2.31. The van der Waals surface area contributed by atoms with E-state index < -0.39 is 0 Å². The van der Waals surface area contributed by atoms with Crippen LogP contribution in [-0.4, -0.2) is 12.7 Å². The molecule has 2 rings (SSSR count). The first-order chi connectivity index (χ1) is 7.38. The van der Waals surface area contributed by atoms with Crippen molar-refractivity contribution in [2.45, 2.75) is 31.8 Å². The lowest BCUT2D eigenvalue weighted by molar-refractivity contribution is 0.0168. The first kappa shape index (κ1) is 10.4. The Bertz CT molecular complexity index is 307. The molecule has 1 nitrogen and oxygen atoms in total. The minimum Gasteiger partial charge on any atom is -0.378 e. The van der Waals surface area contributed by atoms with E-state index in [-0.39, 0.29) is 0 Å². The van der Waals surface area contributed by atoms with Crippen molar-refractivity contribution in [2.24, 2.45) is 0 Å². The first-order valence-corrected chi connectivity index (χ1v) is 5.71. The lowest BCUT2D eigenvalue weighted by Gasteiger charge is -2.22. The molecule has 1 heterocycles. The molecule has 1 fully saturated rings. The zero-order valence-electron chi connectivity index (χ0n) is 9.11. The molecule has 1 aromatic carbocycles. The summed E-state index contributed by atoms with van der Waals surface area (Å²) in [4.78, 5) is 0. The Balaban J connectivity index is 1.94. The zero-order chi connectivity index (χ0) is 10.5. The number of hydrogen-bond donors (Lipinski definition) is 0. The van der Waals surface area contributed by atoms with Crippen LogP contribution in [0.3, 0.4) is 0 Å². The van der Waals surface area contributed by atoms with Crippen molar-refractivity contribution in [1.29, 1.82) is 0 Å². The van der Waals surface area contributed by atoms with E-state index in [9.17, 15) is 0 Å². The maximum atomic E-state index is 5.72. The Kier molecular flexibility index (Phi) is 3.57. The SMILES string of the molecule is C=Cc1ccc(CC2CCCCO2)cc1. The molecule has 0 spiro atoms. The second-order valence-corrected chi connectivity index (χ2v) is 4.14. The first-order valence-electron chi connectivity index (χ1n) is 5.71. The molecule has 0 aliphatic carbocycles. The highest BCUT2D eigenvalue weighted by Gasteiger charge is 2.13. The van der Waals surface area contributed by atoms with E-state index >= 15 is 0 Å². The Morgan fingerprint density at radius 1 is 1.27 bits per heavy atom. The van der Waals surface area contributed by atoms with Crippen molar-refractivity contribution in [3.05, 3.63) is 42.0 Å². The Labute approximate surface area is 91.8 Å². The molecule has 15 heavy (non-hydrogen) atoms. The quantitative estimate of drug-likeness (QED) is 0.729. The molecule has 0 radical (unpaired) electrons. The molecular weight excluding hydrogens is 184 g/mol. The van der Waals surface area contributed by atoms with Crippen LogP contribution in [0.1, 0.15) is 30.4 Å². The Morgan fingerprint density at radius 2 is 2.07 bits per heavy atom. The second-order valence-electron chi connectivity index (χ2n) is 4.14. The van der Waals surface area contributed by atoms with Gasteiger partial charge in [0.1, 0.15) is 0 Å². The molecule has 1 atom stereocenters. The van der Waals surface area contributed by atoms with Gasteiger partial charge in [0.05, 0.1) is 6.10 Å². The minimum atomic E-state index is 0.438. The summed E-state index contributed by atoms with van der Waals surface area (Å²) in [5.41, 5.74) is 2.55. The predicted molar refractivity (Wildman–Crippen MR) is 63.8 cm³/mol. The maximum Gasteiger partial charge on any atom is 0.0615 e. The summed E-state index contributed by atoms with van der Waals surface area (Å²) < 4.78 is 5.72. The van der Waals surface area contributed by atoms with Gasteiger partial charge in [0.15, 0.2) is 0 Å². The molecule has 1 aliphatic heterocycles. The van der Waals surface area contributed by atoms with Gasteiger partial charge in [-0.15, -0.1) is 0 Å². The third-order valence-corrected chi connectivity index (χ3v) is 2.95. The van der Waals surface area contributed by atoms with Crippen LogP contribution in [0.25, 0.3) is 6.08 Å². The Morgan fingerprint density at radius 3 is 2.67 bits per heavy atom. The van der Waals surface area contributed by atoms with E-state index in [1.54, 1.807) is 0 Å². The largest absolute Gasteiger partial charge is 0.378 e. The van der Waals surface area contributed by atoms with Gasteiger partial charge in [0.25, 0.3) is 0 Å². The van der Waals surface area contributed by atoms with Crippen LogP contribution in [0.2, 0.25) is 0 Å². The second kappa shape index (κ2) is 5.13. The van der Waals surface area contributed by atoms with Crippen LogP contribution in [0.5, 0.6) is 0 Å². The van der Waals surface area contributed by atoms with Crippen molar-refractivity contribution in [3.8, 4) is 0 Å². The molecule has 80 valence electrons. The lowest BCUT2D eigenvalue weighted by Crippen LogP contribution is -2.21. The number of ether oxygens (including phenoxy) is 1. The van der Waals surface area contributed by atoms with Gasteiger partial charge in [-0.3, -0.25) is 0 Å². The van der Waals surface area contributed by atoms with E-state index in [1.807, 2.05) is 6.08 Å². The maximum absolute atomic E-state index is 5.72. The van der Waals surface area contributed by atoms with Crippen molar-refractivity contribution in [2.75, 3.05) is 6.61 Å². The molecule has 1 heteroatoms. The van der Waals surface area contributed by atoms with E-state index in [0.29, 0.717) is 6.10 Å². The monoisotopic (exact) mass is 202 g/mol. The van der Waals surface area contributed by atoms with Gasteiger partial charge < -0.3 is 4.74 Å². The zero-order valence-corrected chi connectivity index (χ0v) is 9.11. The summed E-state index contributed by atoms with van der Waals surface area (Å²) in [5.74, 6) is 0. The molecule has 1 aliphatic rings. The van der Waals surface area contributed by atoms with Crippen LogP contribution in [0.4, 0.5) is 0 Å². The number of hydrogen-bond acceptors (Lipinski definition) is 1. The van der Waals surface area contributed by atoms with Gasteiger partial charge >= 0.3 is 0 Å². The van der Waals surface area contributed by atoms with Gasteiger partial charge in [-0.2, -0.15) is 0 Å². The summed E-state index contributed by atoms with van der Waals surface area (Å²) in [7, 11) is 0. The molecular formula is C14H18O. The highest BCUT2D eigenvalue weighted by atomic mass is 16.5. The van der Waals surface area contributed by atoms with E-state index in [2.05, 4.69) is 30.8 Å². The molecule has 0 aromatic heterocycles. The average molecular weight is 202 g/mol. The van der Waals surface area contributed by atoms with Crippen molar-refractivity contribution in [1.82, 2.24) is 0 Å². The molecule has 0 saturated carbocycles. The normalized spacial score (nSPS) is 21.2. The molecule has 1 aromatic rings. The molecule has 1 saturated heterocycles. The van der Waals surface area contributed by atoms with Gasteiger partial charge in [-0.25, -0.2) is 0 Å². The van der Waals surface area contributed by atoms with Crippen LogP contribution >= 0.6 is 0 Å². The third kappa shape index (κ3) is 2.93. The topological polar surface area (TPSA) is 9.23 Å². The van der Waals surface area contributed by atoms with Crippen LogP contribution in [0.15, 0.2) is 30.8 Å². The van der Waals surface area contributed by atoms with Gasteiger partial charge in [-0.05, 0) is 36.8 Å². The van der Waals surface area contributed by atoms with E-state index in [0.717, 1.165) is 13.0 Å². The van der Waals surface area contributed by atoms with E-state index in [4.69, 9.17) is 4.74 Å². The fourth-order valence-electron chi connectivity index (χ4n) is 2.02. The Hall–Kier alpha value is -1.08. The van der Waals surface area contributed by atoms with Crippen molar-refractivity contribution in [3.63, 3.8) is 0 Å². The summed E-state index contributed by atoms with van der Waals surface area (Å²) >= 11 is 0. The third-order valence-electron chi connectivity index (χ3n) is 2.95. The summed E-state index contributed by atoms with van der Waals surface area (Å²) in [6.45, 7) is 4.69. The molecule has 1 unspecified atom stereocenters. The number of rotatable bonds is 3. The van der Waals surface area contributed by atoms with Crippen LogP contribution in [-0.2, 0) is 11.2 Å². The fourth-order valence-corrected chi connectivity index (χ4v) is 2.02. The van der Waals surface area contributed by atoms with Gasteiger partial charge in [0, 0.05) is 6.61 Å². The van der Waals surface area contributed by atoms with Crippen LogP contribution < -0.4 is 0 Å². The van der Waals surface area contributed by atoms with Crippen molar-refractivity contribution < 1.29 is 4.74 Å². The number of benzene rings is 1. The fraction of sp³-hybridized carbons (Fsp3) is 0.429. The minimum absolute atomic E-state index is 0.438. The predicted octanol–water partition coefficient (Wildman–Crippen LogP) is 3.44. The molecule has 0 N–H and O–H groups in total. The molecule has 0 amide bonds. The van der Waals surface area contributed by atoms with Gasteiger partial charge in [-0.1, -0.05) is 36.9 Å². The van der Waals surface area contributed by atoms with Crippen molar-refractivity contribution >= 4 is 6.08 Å². The lowest BCUT2D eigenvalue weighted by atomic mass is 10.0. The summed E-state index contributed by atoms with van der Waals surface area (Å²) in [6, 6.07) is 8.58. The summed E-state index contributed by atoms with van der Waals surface area (Å²) in [5, 5.41) is 0. The highest BCUT2D eigenvalue weighted by Crippen LogP contribution is 2.17. The standard InChI is InChI=1S/C14H18O/c1-2-12-6-8-13(9-7-12)11-14-5-3-4-10-15-14/h2,6-9,14H,1,3-5,10-11H2. The smallest absolute Gasteiger partial charge is 0.0615 e. The highest BCUT2D eigenvalue weighted by molar-refractivity contribution is 5.47. The van der Waals surface area contributed by atoms with Crippen LogP contribution in [0, 0.1) is 0 Å². The summed E-state index contributed by atoms with van der Waals surface area (Å²) in [6.07, 6.45) is 7.12. The van der Waals surface area contributed by atoms with E-state index in [1.165, 1.54) is 30.4 Å².